The summed E-state index contributed by atoms with van der Waals surface area (Å²) >= 11 is 0. The number of methoxy groups -OCH3 is 2. The van der Waals surface area contributed by atoms with Crippen molar-refractivity contribution in [1.29, 1.82) is 0 Å². The number of rotatable bonds is 7. The van der Waals surface area contributed by atoms with Gasteiger partial charge in [-0.1, -0.05) is 32.9 Å². The summed E-state index contributed by atoms with van der Waals surface area (Å²) in [6.07, 6.45) is 0. The number of carbonyl (C=O) groups excluding carboxylic acids is 2. The number of carbonyl (C=O) groups is 2. The average Bonchev–Trinajstić information content (AvgIpc) is 2.74. The number of hydrogen-bond acceptors (Lipinski definition) is 5. The van der Waals surface area contributed by atoms with E-state index in [4.69, 9.17) is 9.47 Å². The molecule has 2 amide bonds. The maximum Gasteiger partial charge on any atom is 0.259 e. The topological polar surface area (TPSA) is 89.0 Å². The van der Waals surface area contributed by atoms with Crippen molar-refractivity contribution in [3.63, 3.8) is 0 Å². The van der Waals surface area contributed by atoms with Crippen LogP contribution in [-0.4, -0.2) is 38.3 Å². The number of benzene rings is 2. The van der Waals surface area contributed by atoms with Crippen molar-refractivity contribution < 1.29 is 19.1 Å². The van der Waals surface area contributed by atoms with E-state index < -0.39 is 5.91 Å². The fraction of sp³-hybridized carbons (Fsp3) is 0.348. The zero-order chi connectivity index (χ0) is 22.3. The molecule has 0 unspecified atom stereocenters. The largest absolute Gasteiger partial charge is 0.493 e. The molecule has 0 aliphatic heterocycles. The minimum Gasteiger partial charge on any atom is -0.493 e. The lowest BCUT2D eigenvalue weighted by atomic mass is 9.87. The maximum absolute atomic E-state index is 12.2. The predicted octanol–water partition coefficient (Wildman–Crippen LogP) is 3.27. The molecule has 2 N–H and O–H groups in total. The third-order valence-electron chi connectivity index (χ3n) is 4.57. The van der Waals surface area contributed by atoms with Gasteiger partial charge in [0.15, 0.2) is 11.5 Å². The van der Waals surface area contributed by atoms with Crippen molar-refractivity contribution in [1.82, 2.24) is 10.7 Å². The zero-order valence-electron chi connectivity index (χ0n) is 18.3. The third kappa shape index (κ3) is 6.07. The molecule has 0 heterocycles. The van der Waals surface area contributed by atoms with Crippen LogP contribution in [0, 0.1) is 0 Å². The Morgan fingerprint density at radius 2 is 1.53 bits per heavy atom. The number of ether oxygens (including phenoxy) is 2. The summed E-state index contributed by atoms with van der Waals surface area (Å²) in [5.41, 5.74) is 5.46. The third-order valence-corrected chi connectivity index (χ3v) is 4.57. The van der Waals surface area contributed by atoms with E-state index in [0.717, 1.165) is 11.1 Å². The van der Waals surface area contributed by atoms with Gasteiger partial charge in [0.2, 0.25) is 0 Å². The van der Waals surface area contributed by atoms with Crippen molar-refractivity contribution in [2.75, 3.05) is 20.8 Å². The first-order valence-corrected chi connectivity index (χ1v) is 9.60. The van der Waals surface area contributed by atoms with Gasteiger partial charge in [-0.3, -0.25) is 9.59 Å². The molecule has 2 aromatic carbocycles. The quantitative estimate of drug-likeness (QED) is 0.541. The van der Waals surface area contributed by atoms with Crippen molar-refractivity contribution in [3.8, 4) is 11.5 Å². The molecule has 0 saturated heterocycles. The molecule has 0 fully saturated rings. The number of nitrogens with zero attached hydrogens (tertiary/aromatic N) is 1. The monoisotopic (exact) mass is 411 g/mol. The van der Waals surface area contributed by atoms with Crippen LogP contribution in [0.3, 0.4) is 0 Å². The molecule has 0 aromatic heterocycles. The Hall–Kier alpha value is -3.35. The zero-order valence-corrected chi connectivity index (χ0v) is 18.3. The summed E-state index contributed by atoms with van der Waals surface area (Å²) in [5, 5.41) is 6.68. The normalized spacial score (nSPS) is 11.6. The second-order valence-electron chi connectivity index (χ2n) is 7.81. The molecule has 2 rings (SSSR count). The van der Waals surface area contributed by atoms with E-state index in [-0.39, 0.29) is 17.9 Å². The Bertz CT molecular complexity index is 928. The second-order valence-corrected chi connectivity index (χ2v) is 7.81. The van der Waals surface area contributed by atoms with Gasteiger partial charge in [-0.2, -0.15) is 5.10 Å². The molecule has 160 valence electrons. The van der Waals surface area contributed by atoms with E-state index >= 15 is 0 Å². The molecule has 0 spiro atoms. The van der Waals surface area contributed by atoms with Crippen LogP contribution >= 0.6 is 0 Å². The molecule has 0 aliphatic rings. The van der Waals surface area contributed by atoms with Crippen molar-refractivity contribution in [2.24, 2.45) is 5.10 Å². The molecule has 7 heteroatoms. The molecule has 2 aromatic rings. The maximum atomic E-state index is 12.2. The van der Waals surface area contributed by atoms with Gasteiger partial charge in [0.25, 0.3) is 11.8 Å². The number of amides is 2. The lowest BCUT2D eigenvalue weighted by Gasteiger charge is -2.19. The van der Waals surface area contributed by atoms with Gasteiger partial charge in [-0.25, -0.2) is 5.43 Å². The van der Waals surface area contributed by atoms with Crippen LogP contribution in [0.15, 0.2) is 47.6 Å². The van der Waals surface area contributed by atoms with E-state index in [1.807, 2.05) is 18.2 Å². The Morgan fingerprint density at radius 1 is 0.933 bits per heavy atom. The van der Waals surface area contributed by atoms with E-state index in [1.165, 1.54) is 0 Å². The Morgan fingerprint density at radius 3 is 2.10 bits per heavy atom. The summed E-state index contributed by atoms with van der Waals surface area (Å²) in [6.45, 7) is 7.91. The fourth-order valence-electron chi connectivity index (χ4n) is 2.70. The average molecular weight is 412 g/mol. The highest BCUT2D eigenvalue weighted by Gasteiger charge is 2.14. The first kappa shape index (κ1) is 22.9. The minimum absolute atomic E-state index is 0.0126. The van der Waals surface area contributed by atoms with Gasteiger partial charge in [-0.05, 0) is 48.2 Å². The van der Waals surface area contributed by atoms with Crippen LogP contribution in [0.2, 0.25) is 0 Å². The Balaban J connectivity index is 1.92. The Kier molecular flexibility index (Phi) is 7.58. The number of hydrogen-bond donors (Lipinski definition) is 2. The first-order valence-electron chi connectivity index (χ1n) is 9.60. The molecule has 0 aliphatic carbocycles. The van der Waals surface area contributed by atoms with E-state index in [1.54, 1.807) is 45.4 Å². The number of hydrazone groups is 1. The molecule has 0 atom stereocenters. The van der Waals surface area contributed by atoms with Crippen LogP contribution in [0.5, 0.6) is 11.5 Å². The van der Waals surface area contributed by atoms with E-state index in [9.17, 15) is 9.59 Å². The highest BCUT2D eigenvalue weighted by atomic mass is 16.5. The number of nitrogens with one attached hydrogen (secondary N) is 2. The van der Waals surface area contributed by atoms with E-state index in [2.05, 4.69) is 36.6 Å². The van der Waals surface area contributed by atoms with Gasteiger partial charge in [0, 0.05) is 11.1 Å². The van der Waals surface area contributed by atoms with E-state index in [0.29, 0.717) is 22.8 Å². The second kappa shape index (κ2) is 9.91. The summed E-state index contributed by atoms with van der Waals surface area (Å²) in [5.74, 6) is 0.442. The van der Waals surface area contributed by atoms with Crippen molar-refractivity contribution in [2.45, 2.75) is 33.1 Å². The van der Waals surface area contributed by atoms with Crippen LogP contribution in [0.1, 0.15) is 49.2 Å². The van der Waals surface area contributed by atoms with Crippen molar-refractivity contribution >= 4 is 17.5 Å². The van der Waals surface area contributed by atoms with Gasteiger partial charge >= 0.3 is 0 Å². The molecule has 0 saturated carbocycles. The summed E-state index contributed by atoms with van der Waals surface area (Å²) in [6, 6.07) is 12.7. The van der Waals surface area contributed by atoms with Gasteiger partial charge < -0.3 is 14.8 Å². The predicted molar refractivity (Wildman–Crippen MR) is 117 cm³/mol. The molecule has 7 nitrogen and oxygen atoms in total. The van der Waals surface area contributed by atoms with Crippen LogP contribution in [-0.2, 0) is 10.2 Å². The summed E-state index contributed by atoms with van der Waals surface area (Å²) in [4.78, 5) is 24.3. The fourth-order valence-corrected chi connectivity index (χ4v) is 2.70. The van der Waals surface area contributed by atoms with Gasteiger partial charge in [0.1, 0.15) is 0 Å². The molecule has 0 radical (unpaired) electrons. The lowest BCUT2D eigenvalue weighted by molar-refractivity contribution is -0.120. The molecular formula is C23H29N3O4. The highest BCUT2D eigenvalue weighted by Crippen LogP contribution is 2.27. The minimum atomic E-state index is -0.422. The smallest absolute Gasteiger partial charge is 0.259 e. The standard InChI is InChI=1S/C23H29N3O4/c1-15(17-9-12-19(29-5)20(13-17)30-6)25-26-21(27)14-24-22(28)16-7-10-18(11-8-16)23(2,3)4/h7-13H,14H2,1-6H3,(H,24,28)(H,26,27)/b25-15-. The SMILES string of the molecule is COc1ccc(/C(C)=N\NC(=O)CNC(=O)c2ccc(C(C)(C)C)cc2)cc1OC. The molecular weight excluding hydrogens is 382 g/mol. The molecule has 0 bridgehead atoms. The van der Waals surface area contributed by atoms with Crippen molar-refractivity contribution in [3.05, 3.63) is 59.2 Å². The van der Waals surface area contributed by atoms with Crippen LogP contribution in [0.25, 0.3) is 0 Å². The summed E-state index contributed by atoms with van der Waals surface area (Å²) < 4.78 is 10.5. The van der Waals surface area contributed by atoms with Gasteiger partial charge in [-0.15, -0.1) is 0 Å². The lowest BCUT2D eigenvalue weighted by Crippen LogP contribution is -2.35. The first-order chi connectivity index (χ1) is 14.2. The summed E-state index contributed by atoms with van der Waals surface area (Å²) in [7, 11) is 3.11. The Labute approximate surface area is 177 Å². The van der Waals surface area contributed by atoms with Crippen LogP contribution in [0.4, 0.5) is 0 Å². The van der Waals surface area contributed by atoms with Crippen LogP contribution < -0.4 is 20.2 Å². The molecule has 30 heavy (non-hydrogen) atoms. The van der Waals surface area contributed by atoms with Gasteiger partial charge in [0.05, 0.1) is 26.5 Å². The highest BCUT2D eigenvalue weighted by molar-refractivity contribution is 6.00.